The molecule has 1 aromatic heterocycles. The van der Waals surface area contributed by atoms with Gasteiger partial charge in [-0.2, -0.15) is 0 Å². The largest absolute Gasteiger partial charge is 0.450 e. The van der Waals surface area contributed by atoms with E-state index in [4.69, 9.17) is 4.74 Å². The van der Waals surface area contributed by atoms with Crippen molar-refractivity contribution in [3.63, 3.8) is 0 Å². The second kappa shape index (κ2) is 9.61. The Morgan fingerprint density at radius 1 is 1.35 bits per heavy atom. The van der Waals surface area contributed by atoms with Gasteiger partial charge in [0.15, 0.2) is 0 Å². The molecule has 0 unspecified atom stereocenters. The van der Waals surface area contributed by atoms with Gasteiger partial charge in [0.25, 0.3) is 0 Å². The maximum atomic E-state index is 11.2. The number of hydrogen-bond acceptors (Lipinski definition) is 5. The Labute approximate surface area is 125 Å². The van der Waals surface area contributed by atoms with Crippen molar-refractivity contribution in [1.82, 2.24) is 9.88 Å². The van der Waals surface area contributed by atoms with E-state index in [1.165, 1.54) is 0 Å². The van der Waals surface area contributed by atoms with Crippen LogP contribution in [0.4, 0.5) is 10.5 Å². The van der Waals surface area contributed by atoms with Crippen LogP contribution < -0.4 is 5.32 Å². The van der Waals surface area contributed by atoms with Crippen LogP contribution >= 0.6 is 11.8 Å². The van der Waals surface area contributed by atoms with E-state index in [0.717, 1.165) is 30.4 Å². The topological polar surface area (TPSA) is 54.5 Å². The Morgan fingerprint density at radius 2 is 2.10 bits per heavy atom. The predicted octanol–water partition coefficient (Wildman–Crippen LogP) is 3.08. The minimum absolute atomic E-state index is 0.360. The first kappa shape index (κ1) is 16.8. The van der Waals surface area contributed by atoms with Crippen molar-refractivity contribution in [1.29, 1.82) is 0 Å². The molecule has 0 spiro atoms. The molecule has 0 atom stereocenters. The molecule has 0 bridgehead atoms. The van der Waals surface area contributed by atoms with Gasteiger partial charge < -0.3 is 9.64 Å². The van der Waals surface area contributed by atoms with E-state index in [1.807, 2.05) is 12.1 Å². The van der Waals surface area contributed by atoms with E-state index in [-0.39, 0.29) is 0 Å². The van der Waals surface area contributed by atoms with Crippen molar-refractivity contribution >= 4 is 23.5 Å². The third-order valence-corrected chi connectivity index (χ3v) is 3.73. The van der Waals surface area contributed by atoms with Gasteiger partial charge in [0.05, 0.1) is 23.5 Å². The first-order chi connectivity index (χ1) is 9.69. The van der Waals surface area contributed by atoms with Crippen LogP contribution in [-0.4, -0.2) is 48.0 Å². The summed E-state index contributed by atoms with van der Waals surface area (Å²) in [5.41, 5.74) is 0.650. The third kappa shape index (κ3) is 6.25. The minimum Gasteiger partial charge on any atom is -0.450 e. The maximum absolute atomic E-state index is 11.2. The van der Waals surface area contributed by atoms with Crippen LogP contribution in [0.5, 0.6) is 0 Å². The molecule has 0 saturated heterocycles. The van der Waals surface area contributed by atoms with E-state index >= 15 is 0 Å². The Morgan fingerprint density at radius 3 is 2.65 bits per heavy atom. The summed E-state index contributed by atoms with van der Waals surface area (Å²) in [5, 5.41) is 3.59. The SMILES string of the molecule is CCOC(=O)Nc1ccc(SCCN(CC)CC)nc1. The summed E-state index contributed by atoms with van der Waals surface area (Å²) in [6.07, 6.45) is 1.20. The summed E-state index contributed by atoms with van der Waals surface area (Å²) in [6.45, 7) is 9.68. The van der Waals surface area contributed by atoms with Gasteiger partial charge in [-0.3, -0.25) is 5.32 Å². The van der Waals surface area contributed by atoms with E-state index in [1.54, 1.807) is 24.9 Å². The molecule has 0 fully saturated rings. The van der Waals surface area contributed by atoms with E-state index in [0.29, 0.717) is 12.3 Å². The number of rotatable bonds is 8. The lowest BCUT2D eigenvalue weighted by molar-refractivity contribution is 0.168. The highest BCUT2D eigenvalue weighted by molar-refractivity contribution is 7.99. The maximum Gasteiger partial charge on any atom is 0.411 e. The van der Waals surface area contributed by atoms with Crippen LogP contribution in [0.2, 0.25) is 0 Å². The molecule has 1 rings (SSSR count). The first-order valence-corrected chi connectivity index (χ1v) is 7.93. The van der Waals surface area contributed by atoms with Crippen molar-refractivity contribution in [2.24, 2.45) is 0 Å². The zero-order valence-corrected chi connectivity index (χ0v) is 13.2. The highest BCUT2D eigenvalue weighted by Crippen LogP contribution is 2.17. The monoisotopic (exact) mass is 297 g/mol. The van der Waals surface area contributed by atoms with Crippen LogP contribution in [0.3, 0.4) is 0 Å². The number of nitrogens with one attached hydrogen (secondary N) is 1. The quantitative estimate of drug-likeness (QED) is 0.747. The minimum atomic E-state index is -0.448. The number of carbonyl (C=O) groups is 1. The predicted molar refractivity (Wildman–Crippen MR) is 83.4 cm³/mol. The van der Waals surface area contributed by atoms with Crippen molar-refractivity contribution in [3.05, 3.63) is 18.3 Å². The van der Waals surface area contributed by atoms with Crippen molar-refractivity contribution < 1.29 is 9.53 Å². The number of amides is 1. The van der Waals surface area contributed by atoms with Crippen molar-refractivity contribution in [2.75, 3.05) is 37.3 Å². The molecule has 6 heteroatoms. The fourth-order valence-corrected chi connectivity index (χ4v) is 2.49. The summed E-state index contributed by atoms with van der Waals surface area (Å²) >= 11 is 1.72. The summed E-state index contributed by atoms with van der Waals surface area (Å²) in [7, 11) is 0. The van der Waals surface area contributed by atoms with Crippen LogP contribution in [0.25, 0.3) is 0 Å². The molecule has 1 N–H and O–H groups in total. The number of ether oxygens (including phenoxy) is 1. The van der Waals surface area contributed by atoms with E-state index < -0.39 is 6.09 Å². The number of anilines is 1. The molecule has 0 aliphatic heterocycles. The average molecular weight is 297 g/mol. The number of hydrogen-bond donors (Lipinski definition) is 1. The second-order valence-electron chi connectivity index (χ2n) is 4.11. The molecule has 0 aromatic carbocycles. The lowest BCUT2D eigenvalue weighted by Crippen LogP contribution is -2.25. The van der Waals surface area contributed by atoms with Gasteiger partial charge in [0, 0.05) is 12.3 Å². The standard InChI is InChI=1S/C14H23N3O2S/c1-4-17(5-2)9-10-20-13-8-7-12(11-15-13)16-14(18)19-6-3/h7-8,11H,4-6,9-10H2,1-3H3,(H,16,18). The molecule has 0 aliphatic rings. The Hall–Kier alpha value is -1.27. The number of nitrogens with zero attached hydrogens (tertiary/aromatic N) is 2. The molecular formula is C14H23N3O2S. The second-order valence-corrected chi connectivity index (χ2v) is 5.22. The molecular weight excluding hydrogens is 274 g/mol. The fourth-order valence-electron chi connectivity index (χ4n) is 1.64. The van der Waals surface area contributed by atoms with Gasteiger partial charge in [-0.25, -0.2) is 9.78 Å². The highest BCUT2D eigenvalue weighted by Gasteiger charge is 2.03. The van der Waals surface area contributed by atoms with E-state index in [9.17, 15) is 4.79 Å². The third-order valence-electron chi connectivity index (χ3n) is 2.81. The van der Waals surface area contributed by atoms with Crippen LogP contribution in [0.15, 0.2) is 23.4 Å². The molecule has 0 radical (unpaired) electrons. The summed E-state index contributed by atoms with van der Waals surface area (Å²) in [6, 6.07) is 3.75. The highest BCUT2D eigenvalue weighted by atomic mass is 32.2. The zero-order valence-electron chi connectivity index (χ0n) is 12.4. The van der Waals surface area contributed by atoms with Crippen molar-refractivity contribution in [2.45, 2.75) is 25.8 Å². The molecule has 1 heterocycles. The molecule has 1 amide bonds. The van der Waals surface area contributed by atoms with Crippen molar-refractivity contribution in [3.8, 4) is 0 Å². The van der Waals surface area contributed by atoms with E-state index in [2.05, 4.69) is 29.0 Å². The molecule has 5 nitrogen and oxygen atoms in total. The summed E-state index contributed by atoms with van der Waals surface area (Å²) in [4.78, 5) is 17.9. The molecule has 1 aromatic rings. The number of carbonyl (C=O) groups excluding carboxylic acids is 1. The van der Waals surface area contributed by atoms with Crippen LogP contribution in [-0.2, 0) is 4.74 Å². The molecule has 20 heavy (non-hydrogen) atoms. The van der Waals surface area contributed by atoms with Crippen LogP contribution in [0, 0.1) is 0 Å². The fraction of sp³-hybridized carbons (Fsp3) is 0.571. The number of aromatic nitrogens is 1. The lowest BCUT2D eigenvalue weighted by atomic mass is 10.4. The van der Waals surface area contributed by atoms with Crippen LogP contribution in [0.1, 0.15) is 20.8 Å². The van der Waals surface area contributed by atoms with Gasteiger partial charge in [0.1, 0.15) is 0 Å². The lowest BCUT2D eigenvalue weighted by Gasteiger charge is -2.17. The summed E-state index contributed by atoms with van der Waals surface area (Å²) in [5.74, 6) is 1.01. The number of pyridine rings is 1. The van der Waals surface area contributed by atoms with Gasteiger partial charge >= 0.3 is 6.09 Å². The molecule has 0 saturated carbocycles. The number of thioether (sulfide) groups is 1. The average Bonchev–Trinajstić information content (AvgIpc) is 2.45. The van der Waals surface area contributed by atoms with Gasteiger partial charge in [0.2, 0.25) is 0 Å². The normalized spacial score (nSPS) is 10.6. The Balaban J connectivity index is 2.37. The Kier molecular flexibility index (Phi) is 8.06. The first-order valence-electron chi connectivity index (χ1n) is 6.94. The smallest absolute Gasteiger partial charge is 0.411 e. The van der Waals surface area contributed by atoms with Gasteiger partial charge in [-0.1, -0.05) is 13.8 Å². The van der Waals surface area contributed by atoms with Gasteiger partial charge in [-0.05, 0) is 32.1 Å². The molecule has 112 valence electrons. The zero-order chi connectivity index (χ0) is 14.8. The van der Waals surface area contributed by atoms with Gasteiger partial charge in [-0.15, -0.1) is 11.8 Å². The summed E-state index contributed by atoms with van der Waals surface area (Å²) < 4.78 is 4.80. The Bertz CT molecular complexity index is 394. The molecule has 0 aliphatic carbocycles.